The van der Waals surface area contributed by atoms with Crippen LogP contribution >= 0.6 is 0 Å². The lowest BCUT2D eigenvalue weighted by Crippen LogP contribution is -2.47. The van der Waals surface area contributed by atoms with Gasteiger partial charge in [-0.15, -0.1) is 0 Å². The number of aryl methyl sites for hydroxylation is 1. The SMILES string of the molecule is Cc1ccc(NC(=O)N2CCCC[C@H]3CCCC[C@@H]32)cc1. The van der Waals surface area contributed by atoms with Crippen LogP contribution in [-0.2, 0) is 0 Å². The zero-order valence-electron chi connectivity index (χ0n) is 13.0. The molecule has 1 aromatic carbocycles. The molecular formula is C18H26N2O. The molecular weight excluding hydrogens is 260 g/mol. The van der Waals surface area contributed by atoms with Crippen molar-refractivity contribution in [2.75, 3.05) is 11.9 Å². The van der Waals surface area contributed by atoms with Gasteiger partial charge in [0.25, 0.3) is 0 Å². The van der Waals surface area contributed by atoms with E-state index in [1.54, 1.807) is 0 Å². The molecule has 1 aliphatic heterocycles. The van der Waals surface area contributed by atoms with E-state index in [0.717, 1.165) is 24.6 Å². The lowest BCUT2D eigenvalue weighted by atomic mass is 9.82. The minimum absolute atomic E-state index is 0.0950. The smallest absolute Gasteiger partial charge is 0.321 e. The Kier molecular flexibility index (Phi) is 4.47. The zero-order chi connectivity index (χ0) is 14.7. The molecule has 0 radical (unpaired) electrons. The molecule has 3 rings (SSSR count). The molecule has 0 bridgehead atoms. The largest absolute Gasteiger partial charge is 0.322 e. The third-order valence-corrected chi connectivity index (χ3v) is 5.06. The van der Waals surface area contributed by atoms with Gasteiger partial charge >= 0.3 is 6.03 Å². The molecule has 0 unspecified atom stereocenters. The summed E-state index contributed by atoms with van der Waals surface area (Å²) in [6.07, 6.45) is 8.83. The quantitative estimate of drug-likeness (QED) is 0.805. The number of nitrogens with one attached hydrogen (secondary N) is 1. The summed E-state index contributed by atoms with van der Waals surface area (Å²) in [5.74, 6) is 0.727. The van der Waals surface area contributed by atoms with Crippen LogP contribution in [0.25, 0.3) is 0 Å². The van der Waals surface area contributed by atoms with Crippen LogP contribution in [0.2, 0.25) is 0 Å². The highest BCUT2D eigenvalue weighted by Crippen LogP contribution is 2.34. The summed E-state index contributed by atoms with van der Waals surface area (Å²) in [6.45, 7) is 2.98. The first-order chi connectivity index (χ1) is 10.2. The van der Waals surface area contributed by atoms with Crippen molar-refractivity contribution in [3.8, 4) is 0 Å². The van der Waals surface area contributed by atoms with Crippen molar-refractivity contribution in [1.29, 1.82) is 0 Å². The lowest BCUT2D eigenvalue weighted by Gasteiger charge is -2.38. The van der Waals surface area contributed by atoms with Gasteiger partial charge in [-0.2, -0.15) is 0 Å². The van der Waals surface area contributed by atoms with Gasteiger partial charge in [-0.3, -0.25) is 0 Å². The van der Waals surface area contributed by atoms with Gasteiger partial charge in [0.2, 0.25) is 0 Å². The summed E-state index contributed by atoms with van der Waals surface area (Å²) in [5.41, 5.74) is 2.12. The predicted octanol–water partition coefficient (Wildman–Crippen LogP) is 4.57. The van der Waals surface area contributed by atoms with E-state index in [1.165, 1.54) is 44.1 Å². The van der Waals surface area contributed by atoms with Crippen LogP contribution in [-0.4, -0.2) is 23.5 Å². The summed E-state index contributed by atoms with van der Waals surface area (Å²) in [4.78, 5) is 14.8. The first-order valence-electron chi connectivity index (χ1n) is 8.38. The second kappa shape index (κ2) is 6.50. The molecule has 21 heavy (non-hydrogen) atoms. The van der Waals surface area contributed by atoms with Crippen LogP contribution in [0.3, 0.4) is 0 Å². The molecule has 3 nitrogen and oxygen atoms in total. The van der Waals surface area contributed by atoms with Crippen LogP contribution in [0.5, 0.6) is 0 Å². The van der Waals surface area contributed by atoms with E-state index in [1.807, 2.05) is 24.3 Å². The number of nitrogens with zero attached hydrogens (tertiary/aromatic N) is 1. The standard InChI is InChI=1S/C18H26N2O/c1-14-9-11-16(12-10-14)19-18(21)20-13-5-4-7-15-6-2-3-8-17(15)20/h9-12,15,17H,2-8,13H2,1H3,(H,19,21)/t15-,17+/m1/s1. The summed E-state index contributed by atoms with van der Waals surface area (Å²) in [7, 11) is 0. The molecule has 0 spiro atoms. The number of rotatable bonds is 1. The normalized spacial score (nSPS) is 25.9. The molecule has 1 aliphatic carbocycles. The Bertz CT molecular complexity index is 482. The molecule has 2 atom stereocenters. The number of hydrogen-bond donors (Lipinski definition) is 1. The highest BCUT2D eigenvalue weighted by molar-refractivity contribution is 5.89. The van der Waals surface area contributed by atoms with Gasteiger partial charge in [0, 0.05) is 18.3 Å². The minimum Gasteiger partial charge on any atom is -0.321 e. The number of benzene rings is 1. The number of likely N-dealkylation sites (tertiary alicyclic amines) is 1. The molecule has 2 amide bonds. The number of urea groups is 1. The number of anilines is 1. The molecule has 1 aromatic rings. The number of fused-ring (bicyclic) bond motifs is 1. The Morgan fingerprint density at radius 1 is 1.05 bits per heavy atom. The predicted molar refractivity (Wildman–Crippen MR) is 86.5 cm³/mol. The van der Waals surface area contributed by atoms with Gasteiger partial charge in [0.05, 0.1) is 0 Å². The van der Waals surface area contributed by atoms with E-state index in [2.05, 4.69) is 17.1 Å². The van der Waals surface area contributed by atoms with E-state index in [4.69, 9.17) is 0 Å². The highest BCUT2D eigenvalue weighted by atomic mass is 16.2. The van der Waals surface area contributed by atoms with E-state index < -0.39 is 0 Å². The first kappa shape index (κ1) is 14.4. The Morgan fingerprint density at radius 2 is 1.71 bits per heavy atom. The fourth-order valence-electron chi connectivity index (χ4n) is 3.87. The second-order valence-corrected chi connectivity index (χ2v) is 6.60. The number of hydrogen-bond acceptors (Lipinski definition) is 1. The zero-order valence-corrected chi connectivity index (χ0v) is 13.0. The maximum absolute atomic E-state index is 12.7. The van der Waals surface area contributed by atoms with Gasteiger partial charge in [-0.1, -0.05) is 37.0 Å². The van der Waals surface area contributed by atoms with E-state index in [-0.39, 0.29) is 6.03 Å². The van der Waals surface area contributed by atoms with Crippen LogP contribution in [0, 0.1) is 12.8 Å². The van der Waals surface area contributed by atoms with Crippen molar-refractivity contribution in [3.05, 3.63) is 29.8 Å². The molecule has 114 valence electrons. The van der Waals surface area contributed by atoms with Crippen molar-refractivity contribution in [2.45, 2.75) is 57.9 Å². The van der Waals surface area contributed by atoms with Gasteiger partial charge in [-0.05, 0) is 50.7 Å². The molecule has 1 saturated carbocycles. The average Bonchev–Trinajstić information content (AvgIpc) is 2.72. The Hall–Kier alpha value is -1.51. The van der Waals surface area contributed by atoms with E-state index >= 15 is 0 Å². The third-order valence-electron chi connectivity index (χ3n) is 5.06. The third kappa shape index (κ3) is 3.39. The monoisotopic (exact) mass is 286 g/mol. The maximum atomic E-state index is 12.7. The fraction of sp³-hybridized carbons (Fsp3) is 0.611. The summed E-state index contributed by atoms with van der Waals surface area (Å²) >= 11 is 0. The average molecular weight is 286 g/mol. The molecule has 2 fully saturated rings. The van der Waals surface area contributed by atoms with Gasteiger partial charge in [0.15, 0.2) is 0 Å². The topological polar surface area (TPSA) is 32.3 Å². The molecule has 1 saturated heterocycles. The summed E-state index contributed by atoms with van der Waals surface area (Å²) in [6, 6.07) is 8.62. The van der Waals surface area contributed by atoms with Crippen LogP contribution in [0.4, 0.5) is 10.5 Å². The Morgan fingerprint density at radius 3 is 2.48 bits per heavy atom. The van der Waals surface area contributed by atoms with Gasteiger partial charge in [0.1, 0.15) is 0 Å². The van der Waals surface area contributed by atoms with Crippen molar-refractivity contribution in [3.63, 3.8) is 0 Å². The Balaban J connectivity index is 1.70. The molecule has 0 aromatic heterocycles. The van der Waals surface area contributed by atoms with E-state index in [0.29, 0.717) is 6.04 Å². The summed E-state index contributed by atoms with van der Waals surface area (Å²) in [5, 5.41) is 3.09. The fourth-order valence-corrected chi connectivity index (χ4v) is 3.87. The molecule has 2 aliphatic rings. The molecule has 1 heterocycles. The van der Waals surface area contributed by atoms with Crippen LogP contribution in [0.15, 0.2) is 24.3 Å². The van der Waals surface area contributed by atoms with Crippen LogP contribution < -0.4 is 5.32 Å². The number of carbonyl (C=O) groups is 1. The minimum atomic E-state index is 0.0950. The number of amides is 2. The Labute approximate surface area is 127 Å². The number of carbonyl (C=O) groups excluding carboxylic acids is 1. The molecule has 3 heteroatoms. The van der Waals surface area contributed by atoms with E-state index in [9.17, 15) is 4.79 Å². The van der Waals surface area contributed by atoms with Crippen molar-refractivity contribution < 1.29 is 4.79 Å². The van der Waals surface area contributed by atoms with Gasteiger partial charge in [-0.25, -0.2) is 4.79 Å². The van der Waals surface area contributed by atoms with Crippen molar-refractivity contribution in [1.82, 2.24) is 4.90 Å². The first-order valence-corrected chi connectivity index (χ1v) is 8.38. The molecule has 1 N–H and O–H groups in total. The maximum Gasteiger partial charge on any atom is 0.322 e. The van der Waals surface area contributed by atoms with Gasteiger partial charge < -0.3 is 10.2 Å². The van der Waals surface area contributed by atoms with Crippen LogP contribution in [0.1, 0.15) is 50.5 Å². The lowest BCUT2D eigenvalue weighted by molar-refractivity contribution is 0.138. The summed E-state index contributed by atoms with van der Waals surface area (Å²) < 4.78 is 0. The van der Waals surface area contributed by atoms with Crippen molar-refractivity contribution >= 4 is 11.7 Å². The van der Waals surface area contributed by atoms with Crippen molar-refractivity contribution in [2.24, 2.45) is 5.92 Å². The second-order valence-electron chi connectivity index (χ2n) is 6.60. The highest BCUT2D eigenvalue weighted by Gasteiger charge is 2.34.